The SMILES string of the molecule is COC(=O)c1ccccc1C(=O)N1C2CCC1CC(Oc1cccnc1)C2. The highest BCUT2D eigenvalue weighted by Gasteiger charge is 2.44. The van der Waals surface area contributed by atoms with Gasteiger partial charge < -0.3 is 14.4 Å². The Labute approximate surface area is 158 Å². The van der Waals surface area contributed by atoms with E-state index in [4.69, 9.17) is 9.47 Å². The molecule has 2 fully saturated rings. The molecule has 0 radical (unpaired) electrons. The minimum atomic E-state index is -0.485. The minimum absolute atomic E-state index is 0.0756. The zero-order chi connectivity index (χ0) is 18.8. The molecule has 0 N–H and O–H groups in total. The number of carbonyl (C=O) groups excluding carboxylic acids is 2. The van der Waals surface area contributed by atoms with Gasteiger partial charge in [0, 0.05) is 31.1 Å². The van der Waals surface area contributed by atoms with Crippen LogP contribution >= 0.6 is 0 Å². The number of aromatic nitrogens is 1. The third-order valence-electron chi connectivity index (χ3n) is 5.42. The number of hydrogen-bond acceptors (Lipinski definition) is 5. The van der Waals surface area contributed by atoms with Crippen LogP contribution in [0.3, 0.4) is 0 Å². The summed E-state index contributed by atoms with van der Waals surface area (Å²) in [6.07, 6.45) is 7.01. The fourth-order valence-electron chi connectivity index (χ4n) is 4.26. The van der Waals surface area contributed by atoms with E-state index in [9.17, 15) is 9.59 Å². The predicted octanol–water partition coefficient (Wildman–Crippen LogP) is 3.08. The second-order valence-electron chi connectivity index (χ2n) is 7.03. The van der Waals surface area contributed by atoms with Gasteiger partial charge in [-0.05, 0) is 37.1 Å². The van der Waals surface area contributed by atoms with Gasteiger partial charge in [-0.15, -0.1) is 0 Å². The summed E-state index contributed by atoms with van der Waals surface area (Å²) in [6.45, 7) is 0. The van der Waals surface area contributed by atoms with E-state index in [1.54, 1.807) is 36.7 Å². The van der Waals surface area contributed by atoms with Gasteiger partial charge in [-0.2, -0.15) is 0 Å². The van der Waals surface area contributed by atoms with Crippen LogP contribution in [-0.2, 0) is 4.74 Å². The van der Waals surface area contributed by atoms with Gasteiger partial charge in [-0.1, -0.05) is 12.1 Å². The van der Waals surface area contributed by atoms with E-state index >= 15 is 0 Å². The largest absolute Gasteiger partial charge is 0.489 e. The molecule has 1 aromatic carbocycles. The van der Waals surface area contributed by atoms with Crippen LogP contribution in [-0.4, -0.2) is 47.1 Å². The third kappa shape index (κ3) is 3.39. The number of ether oxygens (including phenoxy) is 2. The molecule has 2 bridgehead atoms. The second-order valence-corrected chi connectivity index (χ2v) is 7.03. The van der Waals surface area contributed by atoms with Gasteiger partial charge in [0.1, 0.15) is 11.9 Å². The molecule has 2 unspecified atom stereocenters. The maximum Gasteiger partial charge on any atom is 0.338 e. The van der Waals surface area contributed by atoms with Crippen LogP contribution in [0.2, 0.25) is 0 Å². The molecule has 2 aromatic rings. The van der Waals surface area contributed by atoms with Gasteiger partial charge >= 0.3 is 5.97 Å². The lowest BCUT2D eigenvalue weighted by molar-refractivity contribution is 0.0351. The summed E-state index contributed by atoms with van der Waals surface area (Å²) in [5.74, 6) is 0.183. The van der Waals surface area contributed by atoms with Crippen molar-refractivity contribution in [3.8, 4) is 5.75 Å². The first-order valence-corrected chi connectivity index (χ1v) is 9.24. The van der Waals surface area contributed by atoms with Crippen molar-refractivity contribution in [2.45, 2.75) is 43.9 Å². The monoisotopic (exact) mass is 366 g/mol. The highest BCUT2D eigenvalue weighted by Crippen LogP contribution is 2.38. The Kier molecular flexibility index (Phi) is 4.79. The first-order chi connectivity index (χ1) is 13.2. The Morgan fingerprint density at radius 2 is 1.74 bits per heavy atom. The van der Waals surface area contributed by atoms with Crippen LogP contribution in [0.1, 0.15) is 46.4 Å². The molecule has 2 aliphatic rings. The van der Waals surface area contributed by atoms with Gasteiger partial charge in [0.05, 0.1) is 24.4 Å². The van der Waals surface area contributed by atoms with Crippen molar-refractivity contribution in [3.63, 3.8) is 0 Å². The number of benzene rings is 1. The van der Waals surface area contributed by atoms with Crippen molar-refractivity contribution in [3.05, 3.63) is 59.9 Å². The molecule has 1 amide bonds. The average molecular weight is 366 g/mol. The Morgan fingerprint density at radius 3 is 2.37 bits per heavy atom. The number of esters is 1. The summed E-state index contributed by atoms with van der Waals surface area (Å²) in [5, 5.41) is 0. The van der Waals surface area contributed by atoms with Crippen molar-refractivity contribution in [2.75, 3.05) is 7.11 Å². The number of nitrogens with zero attached hydrogens (tertiary/aromatic N) is 2. The molecule has 0 aliphatic carbocycles. The molecular formula is C21H22N2O4. The number of piperidine rings is 1. The first-order valence-electron chi connectivity index (χ1n) is 9.24. The minimum Gasteiger partial charge on any atom is -0.489 e. The number of amides is 1. The Morgan fingerprint density at radius 1 is 1.04 bits per heavy atom. The lowest BCUT2D eigenvalue weighted by Crippen LogP contribution is -2.49. The molecule has 2 atom stereocenters. The Bertz CT molecular complexity index is 825. The van der Waals surface area contributed by atoms with Crippen LogP contribution in [0.15, 0.2) is 48.8 Å². The lowest BCUT2D eigenvalue weighted by atomic mass is 9.97. The van der Waals surface area contributed by atoms with Gasteiger partial charge in [0.15, 0.2) is 0 Å². The summed E-state index contributed by atoms with van der Waals surface area (Å²) in [6, 6.07) is 10.9. The standard InChI is InChI=1S/C21H22N2O4/c1-26-21(25)19-7-3-2-6-18(19)20(24)23-14-8-9-15(23)12-17(11-14)27-16-5-4-10-22-13-16/h2-7,10,13-15,17H,8-9,11-12H2,1H3. The van der Waals surface area contributed by atoms with Crippen molar-refractivity contribution in [1.29, 1.82) is 0 Å². The predicted molar refractivity (Wildman–Crippen MR) is 98.6 cm³/mol. The molecule has 2 saturated heterocycles. The molecule has 27 heavy (non-hydrogen) atoms. The number of hydrogen-bond donors (Lipinski definition) is 0. The molecule has 0 spiro atoms. The van der Waals surface area contributed by atoms with E-state index < -0.39 is 5.97 Å². The number of carbonyl (C=O) groups is 2. The van der Waals surface area contributed by atoms with Gasteiger partial charge in [0.2, 0.25) is 0 Å². The number of pyridine rings is 1. The molecule has 2 aliphatic heterocycles. The zero-order valence-electron chi connectivity index (χ0n) is 15.2. The number of rotatable bonds is 4. The highest BCUT2D eigenvalue weighted by atomic mass is 16.5. The van der Waals surface area contributed by atoms with E-state index in [1.165, 1.54) is 7.11 Å². The van der Waals surface area contributed by atoms with Crippen LogP contribution in [0, 0.1) is 0 Å². The fourth-order valence-corrected chi connectivity index (χ4v) is 4.26. The molecule has 140 valence electrons. The van der Waals surface area contributed by atoms with E-state index in [0.717, 1.165) is 31.4 Å². The Balaban J connectivity index is 1.52. The third-order valence-corrected chi connectivity index (χ3v) is 5.42. The summed E-state index contributed by atoms with van der Waals surface area (Å²) < 4.78 is 10.9. The molecule has 4 rings (SSSR count). The topological polar surface area (TPSA) is 68.7 Å². The molecule has 0 saturated carbocycles. The van der Waals surface area contributed by atoms with Gasteiger partial charge in [-0.25, -0.2) is 4.79 Å². The molecular weight excluding hydrogens is 344 g/mol. The molecule has 6 nitrogen and oxygen atoms in total. The van der Waals surface area contributed by atoms with Crippen molar-refractivity contribution in [2.24, 2.45) is 0 Å². The summed E-state index contributed by atoms with van der Waals surface area (Å²) >= 11 is 0. The van der Waals surface area contributed by atoms with E-state index in [0.29, 0.717) is 11.1 Å². The summed E-state index contributed by atoms with van der Waals surface area (Å²) in [4.78, 5) is 31.3. The first kappa shape index (κ1) is 17.5. The average Bonchev–Trinajstić information content (AvgIpc) is 2.98. The maximum absolute atomic E-state index is 13.2. The normalized spacial score (nSPS) is 23.7. The van der Waals surface area contributed by atoms with Gasteiger partial charge in [-0.3, -0.25) is 9.78 Å². The van der Waals surface area contributed by atoms with Crippen LogP contribution in [0.4, 0.5) is 0 Å². The smallest absolute Gasteiger partial charge is 0.338 e. The van der Waals surface area contributed by atoms with Crippen LogP contribution in [0.25, 0.3) is 0 Å². The van der Waals surface area contributed by atoms with E-state index in [1.807, 2.05) is 17.0 Å². The number of fused-ring (bicyclic) bond motifs is 2. The highest BCUT2D eigenvalue weighted by molar-refractivity contribution is 6.05. The quantitative estimate of drug-likeness (QED) is 0.778. The molecule has 6 heteroatoms. The number of methoxy groups -OCH3 is 1. The van der Waals surface area contributed by atoms with Crippen LogP contribution < -0.4 is 4.74 Å². The lowest BCUT2D eigenvalue weighted by Gasteiger charge is -2.39. The Hall–Kier alpha value is -2.89. The van der Waals surface area contributed by atoms with Crippen molar-refractivity contribution >= 4 is 11.9 Å². The molecule has 1 aromatic heterocycles. The fraction of sp³-hybridized carbons (Fsp3) is 0.381. The second kappa shape index (κ2) is 7.39. The van der Waals surface area contributed by atoms with Crippen molar-refractivity contribution < 1.29 is 19.1 Å². The van der Waals surface area contributed by atoms with E-state index in [-0.39, 0.29) is 24.1 Å². The van der Waals surface area contributed by atoms with Gasteiger partial charge in [0.25, 0.3) is 5.91 Å². The van der Waals surface area contributed by atoms with E-state index in [2.05, 4.69) is 4.98 Å². The zero-order valence-corrected chi connectivity index (χ0v) is 15.2. The maximum atomic E-state index is 13.2. The summed E-state index contributed by atoms with van der Waals surface area (Å²) in [5.41, 5.74) is 0.728. The molecule has 3 heterocycles. The summed E-state index contributed by atoms with van der Waals surface area (Å²) in [7, 11) is 1.33. The van der Waals surface area contributed by atoms with Crippen molar-refractivity contribution in [1.82, 2.24) is 9.88 Å². The van der Waals surface area contributed by atoms with Crippen LogP contribution in [0.5, 0.6) is 5.75 Å².